The van der Waals surface area contributed by atoms with Gasteiger partial charge in [0.25, 0.3) is 5.56 Å². The van der Waals surface area contributed by atoms with Gasteiger partial charge in [0.15, 0.2) is 0 Å². The van der Waals surface area contributed by atoms with E-state index in [1.807, 2.05) is 0 Å². The molecule has 1 aromatic carbocycles. The Bertz CT molecular complexity index is 577. The molecule has 18 heavy (non-hydrogen) atoms. The Hall–Kier alpha value is -2.34. The van der Waals surface area contributed by atoms with Crippen molar-refractivity contribution in [3.63, 3.8) is 0 Å². The van der Waals surface area contributed by atoms with Crippen molar-refractivity contribution < 1.29 is 4.74 Å². The number of hydrogen-bond donors (Lipinski definition) is 3. The zero-order valence-corrected chi connectivity index (χ0v) is 9.72. The van der Waals surface area contributed by atoms with Crippen LogP contribution in [0.4, 0.5) is 5.82 Å². The van der Waals surface area contributed by atoms with Gasteiger partial charge in [-0.2, -0.15) is 0 Å². The third-order valence-electron chi connectivity index (χ3n) is 2.28. The second-order valence-corrected chi connectivity index (χ2v) is 3.68. The van der Waals surface area contributed by atoms with Crippen LogP contribution in [0.2, 0.25) is 0 Å². The topological polar surface area (TPSA) is 107 Å². The van der Waals surface area contributed by atoms with E-state index in [2.05, 4.69) is 9.97 Å². The van der Waals surface area contributed by atoms with Crippen molar-refractivity contribution in [2.24, 2.45) is 5.73 Å². The predicted molar refractivity (Wildman–Crippen MR) is 69.3 cm³/mol. The number of ether oxygens (including phenoxy) is 1. The van der Waals surface area contributed by atoms with Gasteiger partial charge in [0.2, 0.25) is 0 Å². The zero-order valence-electron chi connectivity index (χ0n) is 9.72. The van der Waals surface area contributed by atoms with Gasteiger partial charge in [-0.25, -0.2) is 4.98 Å². The molecule has 0 aliphatic heterocycles. The molecule has 0 fully saturated rings. The first-order valence-corrected chi connectivity index (χ1v) is 5.49. The normalized spacial score (nSPS) is 10.3. The van der Waals surface area contributed by atoms with E-state index in [1.54, 1.807) is 24.3 Å². The van der Waals surface area contributed by atoms with E-state index in [0.717, 1.165) is 11.3 Å². The lowest BCUT2D eigenvalue weighted by Gasteiger charge is -2.05. The summed E-state index contributed by atoms with van der Waals surface area (Å²) >= 11 is 0. The lowest BCUT2D eigenvalue weighted by Crippen LogP contribution is -2.11. The first kappa shape index (κ1) is 12.1. The van der Waals surface area contributed by atoms with Crippen LogP contribution < -0.4 is 21.8 Å². The number of aromatic nitrogens is 2. The van der Waals surface area contributed by atoms with Gasteiger partial charge < -0.3 is 21.2 Å². The Labute approximate surface area is 104 Å². The third-order valence-corrected chi connectivity index (χ3v) is 2.28. The van der Waals surface area contributed by atoms with E-state index >= 15 is 0 Å². The molecule has 0 aliphatic rings. The molecule has 5 N–H and O–H groups in total. The number of anilines is 1. The van der Waals surface area contributed by atoms with Crippen LogP contribution in [0, 0.1) is 0 Å². The van der Waals surface area contributed by atoms with Gasteiger partial charge in [-0.15, -0.1) is 0 Å². The summed E-state index contributed by atoms with van der Waals surface area (Å²) in [5, 5.41) is 0. The number of nitrogens with two attached hydrogens (primary N) is 2. The maximum absolute atomic E-state index is 11.3. The van der Waals surface area contributed by atoms with Gasteiger partial charge in [0.1, 0.15) is 24.0 Å². The van der Waals surface area contributed by atoms with Crippen molar-refractivity contribution >= 4 is 5.82 Å². The SMILES string of the molecule is NCCOc1ccc(-c2nc(N)cc(=O)[nH]2)cc1. The largest absolute Gasteiger partial charge is 0.492 e. The van der Waals surface area contributed by atoms with Crippen molar-refractivity contribution in [2.75, 3.05) is 18.9 Å². The molecule has 94 valence electrons. The fraction of sp³-hybridized carbons (Fsp3) is 0.167. The van der Waals surface area contributed by atoms with Crippen LogP contribution in [0.15, 0.2) is 35.1 Å². The first-order chi connectivity index (χ1) is 8.69. The Morgan fingerprint density at radius 3 is 2.61 bits per heavy atom. The third kappa shape index (κ3) is 2.86. The van der Waals surface area contributed by atoms with Crippen LogP contribution in [0.3, 0.4) is 0 Å². The standard InChI is InChI=1S/C12H14N4O2/c13-5-6-18-9-3-1-8(2-4-9)12-15-10(14)7-11(17)16-12/h1-4,7H,5-6,13H2,(H3,14,15,16,17). The van der Waals surface area contributed by atoms with Gasteiger partial charge in [0, 0.05) is 18.2 Å². The lowest BCUT2D eigenvalue weighted by molar-refractivity contribution is 0.328. The Morgan fingerprint density at radius 2 is 2.00 bits per heavy atom. The number of benzene rings is 1. The summed E-state index contributed by atoms with van der Waals surface area (Å²) in [5.41, 5.74) is 11.4. The molecule has 0 atom stereocenters. The Kier molecular flexibility index (Phi) is 3.59. The molecular weight excluding hydrogens is 232 g/mol. The molecule has 0 aliphatic carbocycles. The van der Waals surface area contributed by atoms with Crippen LogP contribution in [0.5, 0.6) is 5.75 Å². The average molecular weight is 246 g/mol. The van der Waals surface area contributed by atoms with Crippen LogP contribution >= 0.6 is 0 Å². The monoisotopic (exact) mass is 246 g/mol. The first-order valence-electron chi connectivity index (χ1n) is 5.49. The molecule has 1 heterocycles. The molecule has 0 radical (unpaired) electrons. The van der Waals surface area contributed by atoms with Crippen molar-refractivity contribution in [1.29, 1.82) is 0 Å². The molecule has 0 spiro atoms. The smallest absolute Gasteiger partial charge is 0.253 e. The molecule has 0 saturated carbocycles. The van der Waals surface area contributed by atoms with E-state index in [1.165, 1.54) is 6.07 Å². The van der Waals surface area contributed by atoms with Gasteiger partial charge in [0.05, 0.1) is 0 Å². The molecule has 6 heteroatoms. The van der Waals surface area contributed by atoms with Crippen LogP contribution in [-0.2, 0) is 0 Å². The minimum absolute atomic E-state index is 0.192. The quantitative estimate of drug-likeness (QED) is 0.721. The summed E-state index contributed by atoms with van der Waals surface area (Å²) in [4.78, 5) is 18.0. The number of rotatable bonds is 4. The van der Waals surface area contributed by atoms with Gasteiger partial charge >= 0.3 is 0 Å². The summed E-state index contributed by atoms with van der Waals surface area (Å²) in [6, 6.07) is 8.40. The summed E-state index contributed by atoms with van der Waals surface area (Å²) in [5.74, 6) is 1.35. The fourth-order valence-electron chi connectivity index (χ4n) is 1.50. The summed E-state index contributed by atoms with van der Waals surface area (Å²) in [6.45, 7) is 0.929. The van der Waals surface area contributed by atoms with Crippen LogP contribution in [0.25, 0.3) is 11.4 Å². The highest BCUT2D eigenvalue weighted by Crippen LogP contribution is 2.18. The highest BCUT2D eigenvalue weighted by Gasteiger charge is 2.02. The van der Waals surface area contributed by atoms with Crippen molar-refractivity contribution in [2.45, 2.75) is 0 Å². The minimum Gasteiger partial charge on any atom is -0.492 e. The minimum atomic E-state index is -0.277. The second-order valence-electron chi connectivity index (χ2n) is 3.68. The Balaban J connectivity index is 2.25. The number of nitrogens with zero attached hydrogens (tertiary/aromatic N) is 1. The summed E-state index contributed by atoms with van der Waals surface area (Å²) < 4.78 is 5.35. The van der Waals surface area contributed by atoms with Crippen molar-refractivity contribution in [3.8, 4) is 17.1 Å². The van der Waals surface area contributed by atoms with E-state index < -0.39 is 0 Å². The number of aromatic amines is 1. The molecule has 6 nitrogen and oxygen atoms in total. The van der Waals surface area contributed by atoms with Crippen molar-refractivity contribution in [1.82, 2.24) is 9.97 Å². The highest BCUT2D eigenvalue weighted by atomic mass is 16.5. The number of nitrogen functional groups attached to an aromatic ring is 1. The molecule has 2 aromatic rings. The molecule has 1 aromatic heterocycles. The summed E-state index contributed by atoms with van der Waals surface area (Å²) in [6.07, 6.45) is 0. The van der Waals surface area contributed by atoms with Crippen molar-refractivity contribution in [3.05, 3.63) is 40.7 Å². The molecule has 0 bridgehead atoms. The number of nitrogens with one attached hydrogen (secondary N) is 1. The van der Waals surface area contributed by atoms with E-state index in [-0.39, 0.29) is 11.4 Å². The molecule has 0 amide bonds. The molecular formula is C12H14N4O2. The van der Waals surface area contributed by atoms with Gasteiger partial charge in [-0.05, 0) is 24.3 Å². The van der Waals surface area contributed by atoms with E-state index in [0.29, 0.717) is 19.0 Å². The second kappa shape index (κ2) is 5.33. The fourth-order valence-corrected chi connectivity index (χ4v) is 1.50. The Morgan fingerprint density at radius 1 is 1.28 bits per heavy atom. The number of hydrogen-bond acceptors (Lipinski definition) is 5. The van der Waals surface area contributed by atoms with E-state index in [9.17, 15) is 4.79 Å². The van der Waals surface area contributed by atoms with Gasteiger partial charge in [-0.1, -0.05) is 0 Å². The lowest BCUT2D eigenvalue weighted by atomic mass is 10.2. The maximum Gasteiger partial charge on any atom is 0.253 e. The van der Waals surface area contributed by atoms with Gasteiger partial charge in [-0.3, -0.25) is 4.79 Å². The molecule has 0 unspecified atom stereocenters. The van der Waals surface area contributed by atoms with Crippen LogP contribution in [0.1, 0.15) is 0 Å². The molecule has 2 rings (SSSR count). The molecule has 0 saturated heterocycles. The summed E-state index contributed by atoms with van der Waals surface area (Å²) in [7, 11) is 0. The predicted octanol–water partition coefficient (Wildman–Crippen LogP) is 0.357. The number of H-pyrrole nitrogens is 1. The average Bonchev–Trinajstić information content (AvgIpc) is 2.36. The highest BCUT2D eigenvalue weighted by molar-refractivity contribution is 5.57. The van der Waals surface area contributed by atoms with Crippen LogP contribution in [-0.4, -0.2) is 23.1 Å². The van der Waals surface area contributed by atoms with E-state index in [4.69, 9.17) is 16.2 Å². The maximum atomic E-state index is 11.3. The zero-order chi connectivity index (χ0) is 13.0.